The van der Waals surface area contributed by atoms with Crippen LogP contribution >= 0.6 is 0 Å². The average molecular weight is 370 g/mol. The first-order valence-corrected chi connectivity index (χ1v) is 11.1. The summed E-state index contributed by atoms with van der Waals surface area (Å²) < 4.78 is 0. The summed E-state index contributed by atoms with van der Waals surface area (Å²) in [5.41, 5.74) is 0.796. The van der Waals surface area contributed by atoms with Gasteiger partial charge in [0.05, 0.1) is 0 Å². The third-order valence-corrected chi connectivity index (χ3v) is 7.03. The van der Waals surface area contributed by atoms with Gasteiger partial charge in [0.25, 0.3) is 0 Å². The average Bonchev–Trinajstić information content (AvgIpc) is 2.53. The van der Waals surface area contributed by atoms with Gasteiger partial charge in [0.15, 0.2) is 0 Å². The van der Waals surface area contributed by atoms with Crippen molar-refractivity contribution in [1.29, 1.82) is 0 Å². The highest BCUT2D eigenvalue weighted by Crippen LogP contribution is 2.45. The maximum absolute atomic E-state index is 11.8. The van der Waals surface area contributed by atoms with Gasteiger partial charge in [-0.25, -0.2) is 0 Å². The molecular weight excluding hydrogens is 318 g/mol. The largest absolute Gasteiger partial charge is 0.354 e. The summed E-state index contributed by atoms with van der Waals surface area (Å²) in [7, 11) is 0. The third kappa shape index (κ3) is 9.42. The number of unbranched alkanes of at least 4 members (excludes halogenated alkanes) is 1. The lowest BCUT2D eigenvalue weighted by Gasteiger charge is -2.44. The van der Waals surface area contributed by atoms with Crippen LogP contribution in [0.1, 0.15) is 122 Å². The molecule has 0 fully saturated rings. The molecule has 158 valence electrons. The van der Waals surface area contributed by atoms with E-state index < -0.39 is 0 Å². The summed E-state index contributed by atoms with van der Waals surface area (Å²) in [4.78, 5) is 11.8. The van der Waals surface area contributed by atoms with Crippen LogP contribution < -0.4 is 5.32 Å². The van der Waals surface area contributed by atoms with Crippen molar-refractivity contribution >= 4 is 5.91 Å². The Balaban J connectivity index is 0. The smallest absolute Gasteiger partial charge is 0.217 e. The highest BCUT2D eigenvalue weighted by Gasteiger charge is 2.38. The maximum atomic E-state index is 11.8. The Bertz CT molecular complexity index is 382. The molecule has 0 aromatic rings. The van der Waals surface area contributed by atoms with E-state index in [1.165, 1.54) is 19.3 Å². The minimum Gasteiger partial charge on any atom is -0.354 e. The number of amides is 1. The molecule has 0 saturated heterocycles. The van der Waals surface area contributed by atoms with Crippen molar-refractivity contribution in [2.75, 3.05) is 0 Å². The zero-order valence-corrected chi connectivity index (χ0v) is 20.3. The molecule has 0 radical (unpaired) electrons. The van der Waals surface area contributed by atoms with Crippen molar-refractivity contribution in [3.05, 3.63) is 0 Å². The summed E-state index contributed by atoms with van der Waals surface area (Å²) in [5, 5.41) is 3.25. The van der Waals surface area contributed by atoms with Gasteiger partial charge in [-0.1, -0.05) is 95.4 Å². The van der Waals surface area contributed by atoms with Crippen molar-refractivity contribution in [3.8, 4) is 0 Å². The zero-order valence-electron chi connectivity index (χ0n) is 20.3. The Labute approximate surface area is 166 Å². The van der Waals surface area contributed by atoms with Gasteiger partial charge in [-0.2, -0.15) is 0 Å². The second-order valence-electron chi connectivity index (χ2n) is 9.95. The molecule has 26 heavy (non-hydrogen) atoms. The van der Waals surface area contributed by atoms with Crippen LogP contribution in [0.4, 0.5) is 0 Å². The van der Waals surface area contributed by atoms with Crippen molar-refractivity contribution in [2.45, 2.75) is 128 Å². The minimum atomic E-state index is 0.101. The molecule has 0 aromatic heterocycles. The molecule has 1 amide bonds. The van der Waals surface area contributed by atoms with Gasteiger partial charge in [-0.3, -0.25) is 4.79 Å². The summed E-state index contributed by atoms with van der Waals surface area (Å²) >= 11 is 0. The van der Waals surface area contributed by atoms with Crippen LogP contribution in [0, 0.1) is 22.2 Å². The molecule has 0 aliphatic heterocycles. The van der Waals surface area contributed by atoms with Crippen molar-refractivity contribution in [3.63, 3.8) is 0 Å². The number of carbonyl (C=O) groups is 1. The van der Waals surface area contributed by atoms with E-state index in [0.29, 0.717) is 11.3 Å². The van der Waals surface area contributed by atoms with Crippen LogP contribution in [-0.2, 0) is 4.79 Å². The standard InChI is InChI=1S/C22H45NO.C2H6/c1-11-13-14-20(5,6)17(3)15-19(23-18(4)24)16-22(9,10)21(7,8)12-2;1-2/h17,19H,11-16H2,1-10H3,(H,23,24);1-2H3. The number of carbonyl (C=O) groups excluding carboxylic acids is 1. The lowest BCUT2D eigenvalue weighted by atomic mass is 9.62. The molecule has 0 saturated carbocycles. The number of nitrogens with one attached hydrogen (secondary N) is 1. The summed E-state index contributed by atoms with van der Waals surface area (Å²) in [6.45, 7) is 26.7. The van der Waals surface area contributed by atoms with Crippen LogP contribution in [-0.4, -0.2) is 11.9 Å². The van der Waals surface area contributed by atoms with Crippen molar-refractivity contribution in [2.24, 2.45) is 22.2 Å². The maximum Gasteiger partial charge on any atom is 0.217 e. The Hall–Kier alpha value is -0.530. The third-order valence-electron chi connectivity index (χ3n) is 7.03. The molecule has 0 rings (SSSR count). The molecule has 0 aliphatic rings. The minimum absolute atomic E-state index is 0.101. The van der Waals surface area contributed by atoms with E-state index in [0.717, 1.165) is 19.3 Å². The number of hydrogen-bond donors (Lipinski definition) is 1. The summed E-state index contributed by atoms with van der Waals surface area (Å²) in [5.74, 6) is 0.699. The van der Waals surface area contributed by atoms with Crippen LogP contribution in [0.2, 0.25) is 0 Å². The molecule has 0 bridgehead atoms. The molecule has 2 atom stereocenters. The molecule has 0 heterocycles. The second-order valence-corrected chi connectivity index (χ2v) is 9.95. The lowest BCUT2D eigenvalue weighted by molar-refractivity contribution is -0.120. The van der Waals surface area contributed by atoms with E-state index >= 15 is 0 Å². The molecular formula is C24H51NO. The first kappa shape index (κ1) is 27.7. The highest BCUT2D eigenvalue weighted by atomic mass is 16.1. The van der Waals surface area contributed by atoms with Gasteiger partial charge >= 0.3 is 0 Å². The molecule has 0 aliphatic carbocycles. The lowest BCUT2D eigenvalue weighted by Crippen LogP contribution is -2.43. The fourth-order valence-corrected chi connectivity index (χ4v) is 3.48. The molecule has 0 spiro atoms. The SMILES string of the molecule is CC.CCCCC(C)(C)C(C)CC(CC(C)(C)C(C)(C)CC)NC(C)=O. The Morgan fingerprint density at radius 2 is 1.46 bits per heavy atom. The summed E-state index contributed by atoms with van der Waals surface area (Å²) in [6, 6.07) is 0.263. The normalized spacial score (nSPS) is 14.9. The van der Waals surface area contributed by atoms with Crippen molar-refractivity contribution in [1.82, 2.24) is 5.32 Å². The molecule has 2 unspecified atom stereocenters. The Kier molecular flexibility index (Phi) is 12.8. The van der Waals surface area contributed by atoms with Gasteiger partial charge in [0.1, 0.15) is 0 Å². The Morgan fingerprint density at radius 3 is 1.85 bits per heavy atom. The quantitative estimate of drug-likeness (QED) is 0.399. The van der Waals surface area contributed by atoms with Gasteiger partial charge in [-0.05, 0) is 41.4 Å². The van der Waals surface area contributed by atoms with Gasteiger partial charge in [-0.15, -0.1) is 0 Å². The fourth-order valence-electron chi connectivity index (χ4n) is 3.48. The first-order valence-electron chi connectivity index (χ1n) is 11.1. The van der Waals surface area contributed by atoms with Crippen molar-refractivity contribution < 1.29 is 4.79 Å². The van der Waals surface area contributed by atoms with Gasteiger partial charge < -0.3 is 5.32 Å². The van der Waals surface area contributed by atoms with Crippen LogP contribution in [0.5, 0.6) is 0 Å². The molecule has 0 aromatic carbocycles. The summed E-state index contributed by atoms with van der Waals surface area (Å²) in [6.07, 6.45) is 7.08. The zero-order chi connectivity index (χ0) is 21.2. The van der Waals surface area contributed by atoms with Gasteiger partial charge in [0.2, 0.25) is 5.91 Å². The van der Waals surface area contributed by atoms with E-state index in [2.05, 4.69) is 67.6 Å². The van der Waals surface area contributed by atoms with Gasteiger partial charge in [0, 0.05) is 13.0 Å². The Morgan fingerprint density at radius 1 is 0.962 bits per heavy atom. The van der Waals surface area contributed by atoms with E-state index in [-0.39, 0.29) is 22.8 Å². The second kappa shape index (κ2) is 12.0. The van der Waals surface area contributed by atoms with Crippen LogP contribution in [0.25, 0.3) is 0 Å². The number of hydrogen-bond acceptors (Lipinski definition) is 1. The molecule has 2 nitrogen and oxygen atoms in total. The van der Waals surface area contributed by atoms with Crippen LogP contribution in [0.3, 0.4) is 0 Å². The fraction of sp³-hybridized carbons (Fsp3) is 0.958. The predicted molar refractivity (Wildman–Crippen MR) is 119 cm³/mol. The topological polar surface area (TPSA) is 29.1 Å². The van der Waals surface area contributed by atoms with E-state index in [1.54, 1.807) is 6.92 Å². The molecule has 2 heteroatoms. The monoisotopic (exact) mass is 369 g/mol. The van der Waals surface area contributed by atoms with E-state index in [1.807, 2.05) is 13.8 Å². The number of rotatable bonds is 11. The molecule has 1 N–H and O–H groups in total. The van der Waals surface area contributed by atoms with Crippen LogP contribution in [0.15, 0.2) is 0 Å². The highest BCUT2D eigenvalue weighted by molar-refractivity contribution is 5.73. The van der Waals surface area contributed by atoms with E-state index in [9.17, 15) is 4.79 Å². The predicted octanol–water partition coefficient (Wildman–Crippen LogP) is 7.61. The first-order chi connectivity index (χ1) is 11.8. The van der Waals surface area contributed by atoms with E-state index in [4.69, 9.17) is 0 Å².